The van der Waals surface area contributed by atoms with Gasteiger partial charge >= 0.3 is 6.18 Å². The monoisotopic (exact) mass is 305 g/mol. The molecule has 1 aliphatic rings. The number of hydrogen-bond acceptors (Lipinski definition) is 3. The highest BCUT2D eigenvalue weighted by molar-refractivity contribution is 7.87. The van der Waals surface area contributed by atoms with Gasteiger partial charge in [-0.25, -0.2) is 0 Å². The van der Waals surface area contributed by atoms with Crippen LogP contribution < -0.4 is 10.5 Å². The zero-order chi connectivity index (χ0) is 14.0. The van der Waals surface area contributed by atoms with E-state index in [1.807, 2.05) is 0 Å². The van der Waals surface area contributed by atoms with E-state index in [-0.39, 0.29) is 11.5 Å². The first kappa shape index (κ1) is 15.6. The lowest BCUT2D eigenvalue weighted by Crippen LogP contribution is -2.54. The molecule has 0 saturated carbocycles. The molecule has 1 unspecified atom stereocenters. The fourth-order valence-electron chi connectivity index (χ4n) is 1.73. The van der Waals surface area contributed by atoms with Gasteiger partial charge in [-0.3, -0.25) is 0 Å². The van der Waals surface area contributed by atoms with Crippen LogP contribution in [0.25, 0.3) is 0 Å². The molecule has 0 bridgehead atoms. The highest BCUT2D eigenvalue weighted by atomic mass is 32.2. The summed E-state index contributed by atoms with van der Waals surface area (Å²) in [6, 6.07) is -0.709. The van der Waals surface area contributed by atoms with Gasteiger partial charge in [0.05, 0.1) is 11.0 Å². The molecule has 5 nitrogen and oxygen atoms in total. The Kier molecular flexibility index (Phi) is 4.92. The van der Waals surface area contributed by atoms with Crippen molar-refractivity contribution >= 4 is 27.4 Å². The standard InChI is InChI=1S/C8H14F3N3O2S2/c9-8(10,11)5-13-18(15,16)14-4-2-1-3-6(14)7(12)17/h6,13H,1-5H2,(H2,12,17). The Morgan fingerprint density at radius 3 is 2.56 bits per heavy atom. The maximum atomic E-state index is 12.0. The molecule has 10 heteroatoms. The highest BCUT2D eigenvalue weighted by Crippen LogP contribution is 2.21. The van der Waals surface area contributed by atoms with Crippen molar-refractivity contribution in [3.63, 3.8) is 0 Å². The van der Waals surface area contributed by atoms with E-state index in [1.54, 1.807) is 0 Å². The number of rotatable bonds is 4. The Balaban J connectivity index is 2.78. The lowest BCUT2D eigenvalue weighted by Gasteiger charge is -2.33. The predicted octanol–water partition coefficient (Wildman–Crippen LogP) is 0.524. The molecule has 0 aromatic carbocycles. The van der Waals surface area contributed by atoms with Crippen molar-refractivity contribution in [1.29, 1.82) is 0 Å². The normalized spacial score (nSPS) is 22.9. The van der Waals surface area contributed by atoms with Crippen LogP contribution in [0.4, 0.5) is 13.2 Å². The molecule has 1 rings (SSSR count). The van der Waals surface area contributed by atoms with Gasteiger partial charge in [-0.1, -0.05) is 18.6 Å². The van der Waals surface area contributed by atoms with Gasteiger partial charge in [0.1, 0.15) is 6.54 Å². The third-order valence-corrected chi connectivity index (χ3v) is 4.38. The topological polar surface area (TPSA) is 75.4 Å². The number of halogens is 3. The molecule has 1 atom stereocenters. The van der Waals surface area contributed by atoms with Gasteiger partial charge in [0.2, 0.25) is 0 Å². The van der Waals surface area contributed by atoms with E-state index in [0.717, 1.165) is 10.7 Å². The van der Waals surface area contributed by atoms with Gasteiger partial charge in [-0.15, -0.1) is 0 Å². The third-order valence-electron chi connectivity index (χ3n) is 2.55. The number of nitrogens with zero attached hydrogens (tertiary/aromatic N) is 1. The van der Waals surface area contributed by atoms with Crippen LogP contribution in [0.2, 0.25) is 0 Å². The summed E-state index contributed by atoms with van der Waals surface area (Å²) < 4.78 is 62.0. The largest absolute Gasteiger partial charge is 0.402 e. The van der Waals surface area contributed by atoms with Crippen LogP contribution in [0.15, 0.2) is 0 Å². The van der Waals surface area contributed by atoms with E-state index in [4.69, 9.17) is 18.0 Å². The van der Waals surface area contributed by atoms with Gasteiger partial charge in [0, 0.05) is 6.54 Å². The minimum atomic E-state index is -4.60. The van der Waals surface area contributed by atoms with Crippen molar-refractivity contribution in [3.05, 3.63) is 0 Å². The average molecular weight is 305 g/mol. The van der Waals surface area contributed by atoms with E-state index in [0.29, 0.717) is 12.8 Å². The molecule has 106 valence electrons. The van der Waals surface area contributed by atoms with E-state index in [2.05, 4.69) is 0 Å². The Hall–Kier alpha value is -0.450. The molecule has 0 spiro atoms. The van der Waals surface area contributed by atoms with Crippen LogP contribution in [-0.2, 0) is 10.2 Å². The second kappa shape index (κ2) is 5.68. The maximum Gasteiger partial charge on any atom is 0.402 e. The average Bonchev–Trinajstić information content (AvgIpc) is 2.26. The summed E-state index contributed by atoms with van der Waals surface area (Å²) in [4.78, 5) is -0.0212. The number of hydrogen-bond donors (Lipinski definition) is 2. The summed E-state index contributed by atoms with van der Waals surface area (Å²) in [7, 11) is -4.21. The van der Waals surface area contributed by atoms with Crippen molar-refractivity contribution in [2.75, 3.05) is 13.1 Å². The number of thiocarbonyl (C=S) groups is 1. The second-order valence-corrected chi connectivity index (χ2v) is 6.15. The van der Waals surface area contributed by atoms with Gasteiger partial charge in [-0.05, 0) is 12.8 Å². The summed E-state index contributed by atoms with van der Waals surface area (Å²) in [6.07, 6.45) is -2.84. The lowest BCUT2D eigenvalue weighted by atomic mass is 10.1. The molecule has 0 aromatic rings. The summed E-state index contributed by atoms with van der Waals surface area (Å²) >= 11 is 4.74. The fraction of sp³-hybridized carbons (Fsp3) is 0.875. The summed E-state index contributed by atoms with van der Waals surface area (Å²) in [5.74, 6) is 0. The first-order valence-corrected chi connectivity index (χ1v) is 7.11. The Morgan fingerprint density at radius 2 is 2.06 bits per heavy atom. The van der Waals surface area contributed by atoms with Crippen molar-refractivity contribution in [3.8, 4) is 0 Å². The second-order valence-electron chi connectivity index (χ2n) is 3.97. The zero-order valence-corrected chi connectivity index (χ0v) is 11.0. The molecule has 0 aromatic heterocycles. The minimum Gasteiger partial charge on any atom is -0.392 e. The van der Waals surface area contributed by atoms with E-state index >= 15 is 0 Å². The van der Waals surface area contributed by atoms with Crippen LogP contribution in [0.3, 0.4) is 0 Å². The van der Waals surface area contributed by atoms with Crippen LogP contribution in [-0.4, -0.2) is 43.0 Å². The van der Waals surface area contributed by atoms with Gasteiger partial charge in [0.15, 0.2) is 0 Å². The summed E-state index contributed by atoms with van der Waals surface area (Å²) in [6.45, 7) is -1.48. The Labute approximate surface area is 109 Å². The number of nitrogens with one attached hydrogen (secondary N) is 1. The zero-order valence-electron chi connectivity index (χ0n) is 9.40. The molecule has 0 aliphatic carbocycles. The summed E-state index contributed by atoms with van der Waals surface area (Å²) in [5.41, 5.74) is 5.41. The first-order chi connectivity index (χ1) is 8.13. The van der Waals surface area contributed by atoms with Gasteiger partial charge in [0.25, 0.3) is 10.2 Å². The number of alkyl halides is 3. The molecule has 1 heterocycles. The molecule has 3 N–H and O–H groups in total. The van der Waals surface area contributed by atoms with E-state index in [9.17, 15) is 21.6 Å². The molecular formula is C8H14F3N3O2S2. The molecule has 0 radical (unpaired) electrons. The highest BCUT2D eigenvalue weighted by Gasteiger charge is 2.36. The smallest absolute Gasteiger partial charge is 0.392 e. The quantitative estimate of drug-likeness (QED) is 0.743. The van der Waals surface area contributed by atoms with Crippen LogP contribution in [0, 0.1) is 0 Å². The van der Waals surface area contributed by atoms with Crippen LogP contribution >= 0.6 is 12.2 Å². The molecule has 1 saturated heterocycles. The number of nitrogens with two attached hydrogens (primary N) is 1. The minimum absolute atomic E-state index is 0.0212. The lowest BCUT2D eigenvalue weighted by molar-refractivity contribution is -0.121. The molecule has 1 fully saturated rings. The van der Waals surface area contributed by atoms with Gasteiger partial charge in [-0.2, -0.15) is 30.6 Å². The summed E-state index contributed by atoms with van der Waals surface area (Å²) in [5, 5.41) is 0. The van der Waals surface area contributed by atoms with Gasteiger partial charge < -0.3 is 5.73 Å². The molecule has 1 aliphatic heterocycles. The number of piperidine rings is 1. The molecule has 18 heavy (non-hydrogen) atoms. The Morgan fingerprint density at radius 1 is 1.44 bits per heavy atom. The van der Waals surface area contributed by atoms with Crippen molar-refractivity contribution < 1.29 is 21.6 Å². The molecule has 0 amide bonds. The van der Waals surface area contributed by atoms with Crippen molar-refractivity contribution in [2.24, 2.45) is 5.73 Å². The fourth-order valence-corrected chi connectivity index (χ4v) is 3.48. The van der Waals surface area contributed by atoms with E-state index in [1.165, 1.54) is 4.72 Å². The van der Waals surface area contributed by atoms with E-state index < -0.39 is 29.0 Å². The van der Waals surface area contributed by atoms with Crippen LogP contribution in [0.1, 0.15) is 19.3 Å². The Bertz CT molecular complexity index is 410. The first-order valence-electron chi connectivity index (χ1n) is 5.26. The van der Waals surface area contributed by atoms with Crippen molar-refractivity contribution in [1.82, 2.24) is 9.03 Å². The maximum absolute atomic E-state index is 12.0. The third kappa shape index (κ3) is 4.34. The molecular weight excluding hydrogens is 291 g/mol. The predicted molar refractivity (Wildman–Crippen MR) is 64.1 cm³/mol. The van der Waals surface area contributed by atoms with Crippen LogP contribution in [0.5, 0.6) is 0 Å². The van der Waals surface area contributed by atoms with Crippen molar-refractivity contribution in [2.45, 2.75) is 31.5 Å². The SMILES string of the molecule is NC(=S)C1CCCCN1S(=O)(=O)NCC(F)(F)F.